The third-order valence-electron chi connectivity index (χ3n) is 4.94. The van der Waals surface area contributed by atoms with Crippen molar-refractivity contribution >= 4 is 45.2 Å². The Labute approximate surface area is 144 Å². The summed E-state index contributed by atoms with van der Waals surface area (Å²) in [5, 5.41) is -0.0332. The molecule has 4 heteroatoms. The Balaban J connectivity index is 1.75. The molecular formula is C17H20ClIN2. The zero-order valence-corrected chi connectivity index (χ0v) is 15.1. The molecule has 0 radical (unpaired) electrons. The molecule has 1 atom stereocenters. The number of nitrogens with zero attached hydrogens (tertiary/aromatic N) is 2. The second kappa shape index (κ2) is 5.41. The third kappa shape index (κ3) is 2.83. The minimum atomic E-state index is -0.0332. The van der Waals surface area contributed by atoms with E-state index in [0.717, 1.165) is 35.6 Å². The molecule has 2 aliphatic rings. The summed E-state index contributed by atoms with van der Waals surface area (Å²) in [4.78, 5) is 4.81. The molecule has 0 aliphatic heterocycles. The van der Waals surface area contributed by atoms with Crippen LogP contribution in [-0.2, 0) is 6.54 Å². The maximum atomic E-state index is 6.41. The van der Waals surface area contributed by atoms with Crippen molar-refractivity contribution in [1.29, 1.82) is 0 Å². The summed E-state index contributed by atoms with van der Waals surface area (Å²) < 4.78 is 3.64. The van der Waals surface area contributed by atoms with E-state index in [1.165, 1.54) is 34.8 Å². The second-order valence-electron chi connectivity index (χ2n) is 6.67. The number of rotatable bonds is 5. The van der Waals surface area contributed by atoms with E-state index in [2.05, 4.69) is 45.4 Å². The molecule has 0 spiro atoms. The molecule has 2 saturated carbocycles. The monoisotopic (exact) mass is 414 g/mol. The van der Waals surface area contributed by atoms with Gasteiger partial charge in [0.15, 0.2) is 0 Å². The Kier molecular flexibility index (Phi) is 3.69. The first-order valence-corrected chi connectivity index (χ1v) is 9.45. The van der Waals surface area contributed by atoms with Crippen LogP contribution >= 0.6 is 34.2 Å². The highest BCUT2D eigenvalue weighted by atomic mass is 127. The van der Waals surface area contributed by atoms with Crippen LogP contribution in [0.25, 0.3) is 11.0 Å². The van der Waals surface area contributed by atoms with Crippen molar-refractivity contribution in [3.05, 3.63) is 27.6 Å². The van der Waals surface area contributed by atoms with Crippen molar-refractivity contribution in [1.82, 2.24) is 9.55 Å². The third-order valence-corrected chi connectivity index (χ3v) is 5.81. The summed E-state index contributed by atoms with van der Waals surface area (Å²) in [5.74, 6) is 3.80. The van der Waals surface area contributed by atoms with Gasteiger partial charge in [0, 0.05) is 10.1 Å². The molecule has 1 unspecified atom stereocenters. The van der Waals surface area contributed by atoms with E-state index in [-0.39, 0.29) is 5.38 Å². The van der Waals surface area contributed by atoms with Crippen LogP contribution < -0.4 is 0 Å². The highest BCUT2D eigenvalue weighted by Crippen LogP contribution is 2.50. The summed E-state index contributed by atoms with van der Waals surface area (Å²) in [6.07, 6.45) is 5.71. The predicted molar refractivity (Wildman–Crippen MR) is 95.7 cm³/mol. The first kappa shape index (κ1) is 14.3. The SMILES string of the molecule is CC(Cl)c1nc2cc(I)ccc2n1CC(C1CC1)C1CC1. The molecule has 4 rings (SSSR count). The number of hydrogen-bond acceptors (Lipinski definition) is 1. The Morgan fingerprint density at radius 1 is 1.29 bits per heavy atom. The van der Waals surface area contributed by atoms with E-state index in [9.17, 15) is 0 Å². The fourth-order valence-corrected chi connectivity index (χ4v) is 4.20. The Bertz CT molecular complexity index is 659. The number of hydrogen-bond donors (Lipinski definition) is 0. The molecule has 1 heterocycles. The van der Waals surface area contributed by atoms with Crippen LogP contribution in [-0.4, -0.2) is 9.55 Å². The quantitative estimate of drug-likeness (QED) is 0.474. The van der Waals surface area contributed by atoms with Crippen LogP contribution in [0.15, 0.2) is 18.2 Å². The van der Waals surface area contributed by atoms with Gasteiger partial charge in [0.2, 0.25) is 0 Å². The lowest BCUT2D eigenvalue weighted by Crippen LogP contribution is -2.17. The van der Waals surface area contributed by atoms with E-state index < -0.39 is 0 Å². The van der Waals surface area contributed by atoms with Crippen LogP contribution in [0.4, 0.5) is 0 Å². The molecule has 0 saturated heterocycles. The minimum Gasteiger partial charge on any atom is -0.326 e. The van der Waals surface area contributed by atoms with Gasteiger partial charge in [-0.15, -0.1) is 11.6 Å². The van der Waals surface area contributed by atoms with Gasteiger partial charge in [0.1, 0.15) is 5.82 Å². The zero-order chi connectivity index (χ0) is 14.6. The van der Waals surface area contributed by atoms with Crippen LogP contribution in [0.5, 0.6) is 0 Å². The van der Waals surface area contributed by atoms with Crippen molar-refractivity contribution in [2.45, 2.75) is 44.5 Å². The van der Waals surface area contributed by atoms with E-state index in [1.807, 2.05) is 6.92 Å². The molecule has 2 aliphatic carbocycles. The molecule has 0 N–H and O–H groups in total. The molecule has 112 valence electrons. The summed E-state index contributed by atoms with van der Waals surface area (Å²) in [5.41, 5.74) is 2.35. The van der Waals surface area contributed by atoms with Gasteiger partial charge in [-0.2, -0.15) is 0 Å². The number of aromatic nitrogens is 2. The fourth-order valence-electron chi connectivity index (χ4n) is 3.56. The predicted octanol–water partition coefficient (Wildman–Crippen LogP) is 5.38. The molecular weight excluding hydrogens is 395 g/mol. The van der Waals surface area contributed by atoms with Gasteiger partial charge in [0.25, 0.3) is 0 Å². The number of fused-ring (bicyclic) bond motifs is 1. The number of benzene rings is 1. The fraction of sp³-hybridized carbons (Fsp3) is 0.588. The van der Waals surface area contributed by atoms with Gasteiger partial charge < -0.3 is 4.57 Å². The minimum absolute atomic E-state index is 0.0332. The second-order valence-corrected chi connectivity index (χ2v) is 8.57. The van der Waals surface area contributed by atoms with Gasteiger partial charge in [0.05, 0.1) is 16.4 Å². The topological polar surface area (TPSA) is 17.8 Å². The maximum Gasteiger partial charge on any atom is 0.127 e. The normalized spacial score (nSPS) is 20.4. The van der Waals surface area contributed by atoms with Gasteiger partial charge in [-0.3, -0.25) is 0 Å². The van der Waals surface area contributed by atoms with Crippen LogP contribution in [0, 0.1) is 21.3 Å². The van der Waals surface area contributed by atoms with Gasteiger partial charge in [-0.1, -0.05) is 0 Å². The molecule has 21 heavy (non-hydrogen) atoms. The van der Waals surface area contributed by atoms with E-state index in [4.69, 9.17) is 16.6 Å². The molecule has 1 aromatic carbocycles. The van der Waals surface area contributed by atoms with Crippen molar-refractivity contribution in [2.24, 2.45) is 17.8 Å². The van der Waals surface area contributed by atoms with E-state index in [0.29, 0.717) is 0 Å². The first-order valence-electron chi connectivity index (χ1n) is 7.93. The van der Waals surface area contributed by atoms with Gasteiger partial charge in [-0.05, 0) is 91.2 Å². The van der Waals surface area contributed by atoms with Crippen molar-refractivity contribution < 1.29 is 0 Å². The summed E-state index contributed by atoms with van der Waals surface area (Å²) in [7, 11) is 0. The van der Waals surface area contributed by atoms with Gasteiger partial charge >= 0.3 is 0 Å². The molecule has 0 bridgehead atoms. The van der Waals surface area contributed by atoms with Crippen LogP contribution in [0.2, 0.25) is 0 Å². The molecule has 2 aromatic rings. The smallest absolute Gasteiger partial charge is 0.127 e. The van der Waals surface area contributed by atoms with Gasteiger partial charge in [-0.25, -0.2) is 4.98 Å². The molecule has 2 fully saturated rings. The van der Waals surface area contributed by atoms with E-state index in [1.54, 1.807) is 0 Å². The summed E-state index contributed by atoms with van der Waals surface area (Å²) in [6.45, 7) is 3.15. The summed E-state index contributed by atoms with van der Waals surface area (Å²) >= 11 is 8.76. The van der Waals surface area contributed by atoms with Crippen LogP contribution in [0.3, 0.4) is 0 Å². The molecule has 0 amide bonds. The van der Waals surface area contributed by atoms with Crippen molar-refractivity contribution in [3.8, 4) is 0 Å². The maximum absolute atomic E-state index is 6.41. The molecule has 2 nitrogen and oxygen atoms in total. The lowest BCUT2D eigenvalue weighted by Gasteiger charge is -2.19. The number of alkyl halides is 1. The zero-order valence-electron chi connectivity index (χ0n) is 12.2. The first-order chi connectivity index (χ1) is 10.1. The highest BCUT2D eigenvalue weighted by Gasteiger charge is 2.41. The number of imidazole rings is 1. The van der Waals surface area contributed by atoms with Crippen molar-refractivity contribution in [2.75, 3.05) is 0 Å². The lowest BCUT2D eigenvalue weighted by atomic mass is 9.97. The van der Waals surface area contributed by atoms with Crippen LogP contribution in [0.1, 0.15) is 43.8 Å². The average Bonchev–Trinajstić information content (AvgIpc) is 3.33. The largest absolute Gasteiger partial charge is 0.326 e. The number of halogens is 2. The van der Waals surface area contributed by atoms with Crippen molar-refractivity contribution in [3.63, 3.8) is 0 Å². The Morgan fingerprint density at radius 3 is 2.52 bits per heavy atom. The van der Waals surface area contributed by atoms with E-state index >= 15 is 0 Å². The highest BCUT2D eigenvalue weighted by molar-refractivity contribution is 14.1. The molecule has 1 aromatic heterocycles. The Morgan fingerprint density at radius 2 is 1.95 bits per heavy atom. The average molecular weight is 415 g/mol. The lowest BCUT2D eigenvalue weighted by molar-refractivity contribution is 0.348. The Hall–Kier alpha value is -0.290. The summed E-state index contributed by atoms with van der Waals surface area (Å²) in [6, 6.07) is 6.55. The standard InChI is InChI=1S/C17H20ClIN2/c1-10(18)17-20-15-8-13(19)6-7-16(15)21(17)9-14(11-2-3-11)12-4-5-12/h6-8,10-12,14H,2-5,9H2,1H3.